The topological polar surface area (TPSA) is 71.3 Å². The van der Waals surface area contributed by atoms with Crippen molar-refractivity contribution >= 4 is 21.6 Å². The van der Waals surface area contributed by atoms with E-state index in [0.717, 1.165) is 36.0 Å². The Morgan fingerprint density at radius 2 is 2.41 bits per heavy atom. The number of rotatable bonds is 2. The Hall–Kier alpha value is -1.63. The Labute approximate surface area is 107 Å². The van der Waals surface area contributed by atoms with E-state index in [2.05, 4.69) is 26.2 Å². The van der Waals surface area contributed by atoms with E-state index in [9.17, 15) is 10.1 Å². The third-order valence-corrected chi connectivity index (χ3v) is 2.88. The average molecular weight is 299 g/mol. The van der Waals surface area contributed by atoms with Gasteiger partial charge < -0.3 is 10.2 Å². The lowest BCUT2D eigenvalue weighted by Gasteiger charge is -2.30. The van der Waals surface area contributed by atoms with Gasteiger partial charge >= 0.3 is 0 Å². The molecule has 17 heavy (non-hydrogen) atoms. The summed E-state index contributed by atoms with van der Waals surface area (Å²) >= 11 is 3.26. The summed E-state index contributed by atoms with van der Waals surface area (Å²) in [6.45, 7) is 1.50. The minimum Gasteiger partial charge on any atom is -0.366 e. The number of halogens is 1. The standard InChI is InChI=1S/C10H11BrN4O2/c11-9-3-2-8(6-13-9)14-5-1-4-12-10(14)7-15(16)17/h2-3,6-7,12H,1,4-5H2/b10-7-. The van der Waals surface area contributed by atoms with Crippen LogP contribution in [-0.4, -0.2) is 23.0 Å². The molecule has 0 amide bonds. The number of pyridine rings is 1. The van der Waals surface area contributed by atoms with Crippen LogP contribution in [0, 0.1) is 10.1 Å². The van der Waals surface area contributed by atoms with Crippen LogP contribution in [0.3, 0.4) is 0 Å². The second kappa shape index (κ2) is 5.13. The molecule has 0 unspecified atom stereocenters. The van der Waals surface area contributed by atoms with E-state index in [1.165, 1.54) is 0 Å². The number of hydrogen-bond acceptors (Lipinski definition) is 5. The van der Waals surface area contributed by atoms with Crippen LogP contribution in [0.5, 0.6) is 0 Å². The highest BCUT2D eigenvalue weighted by atomic mass is 79.9. The lowest BCUT2D eigenvalue weighted by atomic mass is 10.2. The van der Waals surface area contributed by atoms with Gasteiger partial charge in [-0.05, 0) is 34.5 Å². The smallest absolute Gasteiger partial charge is 0.274 e. The zero-order chi connectivity index (χ0) is 12.3. The van der Waals surface area contributed by atoms with Gasteiger partial charge in [-0.2, -0.15) is 0 Å². The fourth-order valence-corrected chi connectivity index (χ4v) is 1.92. The van der Waals surface area contributed by atoms with Crippen molar-refractivity contribution in [1.29, 1.82) is 0 Å². The summed E-state index contributed by atoms with van der Waals surface area (Å²) < 4.78 is 0.742. The summed E-state index contributed by atoms with van der Waals surface area (Å²) in [7, 11) is 0. The fourth-order valence-electron chi connectivity index (χ4n) is 1.68. The lowest BCUT2D eigenvalue weighted by molar-refractivity contribution is -0.403. The van der Waals surface area contributed by atoms with Crippen LogP contribution < -0.4 is 10.2 Å². The molecule has 0 aromatic carbocycles. The molecule has 1 N–H and O–H groups in total. The third-order valence-electron chi connectivity index (χ3n) is 2.41. The van der Waals surface area contributed by atoms with Gasteiger partial charge in [-0.1, -0.05) is 0 Å². The van der Waals surface area contributed by atoms with E-state index in [4.69, 9.17) is 0 Å². The molecule has 0 atom stereocenters. The summed E-state index contributed by atoms with van der Waals surface area (Å²) in [4.78, 5) is 16.1. The molecule has 1 aromatic rings. The SMILES string of the molecule is O=[N+]([O-])/C=C1/NCCCN1c1ccc(Br)nc1. The predicted octanol–water partition coefficient (Wildman–Crippen LogP) is 1.72. The summed E-state index contributed by atoms with van der Waals surface area (Å²) in [5.41, 5.74) is 0.841. The van der Waals surface area contributed by atoms with E-state index in [1.807, 2.05) is 17.0 Å². The van der Waals surface area contributed by atoms with Crippen molar-refractivity contribution < 1.29 is 4.92 Å². The molecule has 0 saturated carbocycles. The molecular weight excluding hydrogens is 288 g/mol. The van der Waals surface area contributed by atoms with Gasteiger partial charge in [0.25, 0.3) is 6.20 Å². The van der Waals surface area contributed by atoms with Crippen molar-refractivity contribution in [2.24, 2.45) is 0 Å². The Morgan fingerprint density at radius 3 is 3.06 bits per heavy atom. The molecule has 0 spiro atoms. The Morgan fingerprint density at radius 1 is 1.59 bits per heavy atom. The summed E-state index contributed by atoms with van der Waals surface area (Å²) in [6.07, 6.45) is 3.61. The first-order valence-corrected chi connectivity index (χ1v) is 5.94. The van der Waals surface area contributed by atoms with Gasteiger partial charge in [-0.3, -0.25) is 10.1 Å². The molecule has 0 bridgehead atoms. The quantitative estimate of drug-likeness (QED) is 0.511. The fraction of sp³-hybridized carbons (Fsp3) is 0.300. The number of anilines is 1. The molecular formula is C10H11BrN4O2. The molecule has 1 aromatic heterocycles. The van der Waals surface area contributed by atoms with Crippen LogP contribution in [0.1, 0.15) is 6.42 Å². The lowest BCUT2D eigenvalue weighted by Crippen LogP contribution is -2.39. The van der Waals surface area contributed by atoms with Crippen LogP contribution in [0.15, 0.2) is 35.0 Å². The average Bonchev–Trinajstić information content (AvgIpc) is 2.30. The molecule has 1 saturated heterocycles. The number of aromatic nitrogens is 1. The Balaban J connectivity index is 2.27. The minimum atomic E-state index is -0.451. The molecule has 6 nitrogen and oxygen atoms in total. The maximum atomic E-state index is 10.5. The second-order valence-electron chi connectivity index (χ2n) is 3.57. The summed E-state index contributed by atoms with van der Waals surface area (Å²) in [5.74, 6) is 0.505. The second-order valence-corrected chi connectivity index (χ2v) is 4.38. The van der Waals surface area contributed by atoms with Gasteiger partial charge in [0.05, 0.1) is 16.8 Å². The van der Waals surface area contributed by atoms with E-state index < -0.39 is 4.92 Å². The normalized spacial score (nSPS) is 17.9. The number of nitrogens with one attached hydrogen (secondary N) is 1. The van der Waals surface area contributed by atoms with Crippen LogP contribution in [0.2, 0.25) is 0 Å². The molecule has 0 radical (unpaired) electrons. The largest absolute Gasteiger partial charge is 0.366 e. The van der Waals surface area contributed by atoms with Crippen molar-refractivity contribution in [3.05, 3.63) is 45.1 Å². The Bertz CT molecular complexity index is 446. The van der Waals surface area contributed by atoms with E-state index in [0.29, 0.717) is 5.82 Å². The van der Waals surface area contributed by atoms with Gasteiger partial charge in [0.2, 0.25) is 0 Å². The highest BCUT2D eigenvalue weighted by molar-refractivity contribution is 9.10. The van der Waals surface area contributed by atoms with Crippen molar-refractivity contribution in [2.75, 3.05) is 18.0 Å². The van der Waals surface area contributed by atoms with Gasteiger partial charge in [-0.15, -0.1) is 0 Å². The molecule has 90 valence electrons. The molecule has 1 aliphatic rings. The highest BCUT2D eigenvalue weighted by Crippen LogP contribution is 2.21. The third kappa shape index (κ3) is 2.94. The first-order valence-electron chi connectivity index (χ1n) is 5.15. The number of hydrogen-bond donors (Lipinski definition) is 1. The zero-order valence-electron chi connectivity index (χ0n) is 8.97. The van der Waals surface area contributed by atoms with Gasteiger partial charge in [-0.25, -0.2) is 4.98 Å². The maximum absolute atomic E-state index is 10.5. The first kappa shape index (κ1) is 11.8. The van der Waals surface area contributed by atoms with Crippen LogP contribution in [-0.2, 0) is 0 Å². The van der Waals surface area contributed by atoms with E-state index in [1.54, 1.807) is 6.20 Å². The molecule has 1 fully saturated rings. The van der Waals surface area contributed by atoms with Gasteiger partial charge in [0, 0.05) is 13.1 Å². The van der Waals surface area contributed by atoms with Crippen molar-refractivity contribution in [2.45, 2.75) is 6.42 Å². The number of nitrogens with zero attached hydrogens (tertiary/aromatic N) is 3. The van der Waals surface area contributed by atoms with E-state index in [-0.39, 0.29) is 0 Å². The van der Waals surface area contributed by atoms with Crippen molar-refractivity contribution in [3.8, 4) is 0 Å². The molecule has 2 rings (SSSR count). The summed E-state index contributed by atoms with van der Waals surface area (Å²) in [5, 5.41) is 13.6. The molecule has 1 aliphatic heterocycles. The maximum Gasteiger partial charge on any atom is 0.274 e. The van der Waals surface area contributed by atoms with Gasteiger partial charge in [0.15, 0.2) is 5.82 Å². The predicted molar refractivity (Wildman–Crippen MR) is 67.0 cm³/mol. The van der Waals surface area contributed by atoms with Crippen LogP contribution in [0.4, 0.5) is 5.69 Å². The summed E-state index contributed by atoms with van der Waals surface area (Å²) in [6, 6.07) is 3.69. The van der Waals surface area contributed by atoms with E-state index >= 15 is 0 Å². The van der Waals surface area contributed by atoms with Crippen molar-refractivity contribution in [3.63, 3.8) is 0 Å². The first-order chi connectivity index (χ1) is 8.16. The minimum absolute atomic E-state index is 0.451. The van der Waals surface area contributed by atoms with Gasteiger partial charge in [0.1, 0.15) is 4.60 Å². The van der Waals surface area contributed by atoms with Crippen molar-refractivity contribution in [1.82, 2.24) is 10.3 Å². The molecule has 7 heteroatoms. The number of nitro groups is 1. The zero-order valence-corrected chi connectivity index (χ0v) is 10.6. The van der Waals surface area contributed by atoms with Crippen LogP contribution >= 0.6 is 15.9 Å². The van der Waals surface area contributed by atoms with Crippen LogP contribution in [0.25, 0.3) is 0 Å². The highest BCUT2D eigenvalue weighted by Gasteiger charge is 2.19. The monoisotopic (exact) mass is 298 g/mol. The Kier molecular flexibility index (Phi) is 3.58. The molecule has 2 heterocycles. The molecule has 0 aliphatic carbocycles.